The number of nitrogens with two attached hydrogens (primary N) is 1. The normalized spacial score (nSPS) is 17.7. The molecule has 6 nitrogen and oxygen atoms in total. The summed E-state index contributed by atoms with van der Waals surface area (Å²) < 4.78 is 17.9. The number of carbonyl (C=O) groups is 3. The highest BCUT2D eigenvalue weighted by Gasteiger charge is 2.27. The van der Waals surface area contributed by atoms with Crippen molar-refractivity contribution in [2.45, 2.75) is 12.8 Å². The Morgan fingerprint density at radius 3 is 2.88 bits per heavy atom. The Labute approximate surface area is 139 Å². The first-order valence-corrected chi connectivity index (χ1v) is 7.63. The summed E-state index contributed by atoms with van der Waals surface area (Å²) in [6.45, 7) is 0.363. The summed E-state index contributed by atoms with van der Waals surface area (Å²) in [7, 11) is 0. The van der Waals surface area contributed by atoms with Gasteiger partial charge in [-0.2, -0.15) is 0 Å². The number of ether oxygens (including phenoxy) is 1. The van der Waals surface area contributed by atoms with E-state index >= 15 is 0 Å². The van der Waals surface area contributed by atoms with Crippen LogP contribution in [0.3, 0.4) is 0 Å². The fourth-order valence-corrected chi connectivity index (χ4v) is 2.48. The van der Waals surface area contributed by atoms with Crippen molar-refractivity contribution in [3.63, 3.8) is 0 Å². The van der Waals surface area contributed by atoms with E-state index in [1.165, 1.54) is 29.2 Å². The second-order valence-corrected chi connectivity index (χ2v) is 5.58. The number of primary amides is 1. The van der Waals surface area contributed by atoms with Gasteiger partial charge in [0.15, 0.2) is 6.61 Å². The molecule has 1 aromatic rings. The largest absolute Gasteiger partial charge is 0.452 e. The van der Waals surface area contributed by atoms with Crippen LogP contribution in [-0.2, 0) is 19.1 Å². The number of carbonyl (C=O) groups excluding carboxylic acids is 3. The van der Waals surface area contributed by atoms with Gasteiger partial charge < -0.3 is 15.4 Å². The highest BCUT2D eigenvalue weighted by molar-refractivity contribution is 5.89. The second-order valence-electron chi connectivity index (χ2n) is 5.58. The third kappa shape index (κ3) is 5.19. The van der Waals surface area contributed by atoms with E-state index in [1.807, 2.05) is 0 Å². The number of hydrogen-bond donors (Lipinski definition) is 1. The molecule has 1 fully saturated rings. The SMILES string of the molecule is NC(=O)[C@H]1CCCN(C(=O)COC(=O)/C=C/c2cccc(F)c2)C1. The fraction of sp³-hybridized carbons (Fsp3) is 0.353. The minimum atomic E-state index is -0.698. The molecule has 0 spiro atoms. The van der Waals surface area contributed by atoms with Crippen LogP contribution < -0.4 is 5.73 Å². The molecular formula is C17H19FN2O4. The molecule has 1 aromatic carbocycles. The standard InChI is InChI=1S/C17H19FN2O4/c18-14-5-1-3-12(9-14)6-7-16(22)24-11-15(21)20-8-2-4-13(10-20)17(19)23/h1,3,5-7,9,13H,2,4,8,10-11H2,(H2,19,23)/b7-6+/t13-/m0/s1. The second kappa shape index (κ2) is 8.24. The molecule has 1 aliphatic heterocycles. The molecule has 128 valence electrons. The van der Waals surface area contributed by atoms with Crippen LogP contribution in [0.4, 0.5) is 4.39 Å². The van der Waals surface area contributed by atoms with Crippen LogP contribution in [-0.4, -0.2) is 42.4 Å². The van der Waals surface area contributed by atoms with Crippen molar-refractivity contribution in [3.8, 4) is 0 Å². The molecule has 0 saturated carbocycles. The van der Waals surface area contributed by atoms with E-state index in [0.29, 0.717) is 24.9 Å². The van der Waals surface area contributed by atoms with Gasteiger partial charge in [-0.1, -0.05) is 12.1 Å². The maximum absolute atomic E-state index is 13.0. The van der Waals surface area contributed by atoms with Crippen molar-refractivity contribution in [2.24, 2.45) is 11.7 Å². The van der Waals surface area contributed by atoms with E-state index in [-0.39, 0.29) is 18.4 Å². The van der Waals surface area contributed by atoms with Gasteiger partial charge in [0, 0.05) is 19.2 Å². The van der Waals surface area contributed by atoms with Crippen LogP contribution in [0.5, 0.6) is 0 Å². The van der Waals surface area contributed by atoms with E-state index in [4.69, 9.17) is 10.5 Å². The average molecular weight is 334 g/mol. The summed E-state index contributed by atoms with van der Waals surface area (Å²) in [6, 6.07) is 5.73. The molecule has 0 aliphatic carbocycles. The Morgan fingerprint density at radius 2 is 2.17 bits per heavy atom. The third-order valence-electron chi connectivity index (χ3n) is 3.77. The Morgan fingerprint density at radius 1 is 1.38 bits per heavy atom. The highest BCUT2D eigenvalue weighted by atomic mass is 19.1. The van der Waals surface area contributed by atoms with Gasteiger partial charge in [0.2, 0.25) is 5.91 Å². The molecule has 1 saturated heterocycles. The number of nitrogens with zero attached hydrogens (tertiary/aromatic N) is 1. The lowest BCUT2D eigenvalue weighted by atomic mass is 9.97. The monoisotopic (exact) mass is 334 g/mol. The van der Waals surface area contributed by atoms with Crippen molar-refractivity contribution in [3.05, 3.63) is 41.7 Å². The van der Waals surface area contributed by atoms with Gasteiger partial charge >= 0.3 is 5.97 Å². The zero-order valence-corrected chi connectivity index (χ0v) is 13.1. The summed E-state index contributed by atoms with van der Waals surface area (Å²) in [5.41, 5.74) is 5.77. The molecule has 0 aromatic heterocycles. The Hall–Kier alpha value is -2.70. The zero-order valence-electron chi connectivity index (χ0n) is 13.1. The van der Waals surface area contributed by atoms with E-state index in [0.717, 1.165) is 6.08 Å². The first kappa shape index (κ1) is 17.7. The van der Waals surface area contributed by atoms with Crippen LogP contribution in [0.2, 0.25) is 0 Å². The average Bonchev–Trinajstić information content (AvgIpc) is 2.58. The van der Waals surface area contributed by atoms with Crippen molar-refractivity contribution in [1.82, 2.24) is 4.90 Å². The van der Waals surface area contributed by atoms with Crippen molar-refractivity contribution >= 4 is 23.9 Å². The van der Waals surface area contributed by atoms with E-state index in [2.05, 4.69) is 0 Å². The molecule has 1 atom stereocenters. The minimum Gasteiger partial charge on any atom is -0.452 e. The number of halogens is 1. The van der Waals surface area contributed by atoms with Crippen molar-refractivity contribution < 1.29 is 23.5 Å². The number of hydrogen-bond acceptors (Lipinski definition) is 4. The molecule has 0 radical (unpaired) electrons. The quantitative estimate of drug-likeness (QED) is 0.645. The van der Waals surface area contributed by atoms with E-state index in [1.54, 1.807) is 6.07 Å². The molecule has 2 rings (SSSR count). The molecule has 1 aliphatic rings. The topological polar surface area (TPSA) is 89.7 Å². The Balaban J connectivity index is 1.80. The molecule has 1 heterocycles. The van der Waals surface area contributed by atoms with Gasteiger partial charge in [-0.3, -0.25) is 9.59 Å². The first-order valence-electron chi connectivity index (χ1n) is 7.63. The van der Waals surface area contributed by atoms with Gasteiger partial charge in [0.05, 0.1) is 5.92 Å². The van der Waals surface area contributed by atoms with E-state index in [9.17, 15) is 18.8 Å². The van der Waals surface area contributed by atoms with Crippen LogP contribution in [0.15, 0.2) is 30.3 Å². The van der Waals surface area contributed by atoms with Gasteiger partial charge in [-0.25, -0.2) is 9.18 Å². The lowest BCUT2D eigenvalue weighted by Crippen LogP contribution is -2.45. The van der Waals surface area contributed by atoms with Crippen LogP contribution >= 0.6 is 0 Å². The van der Waals surface area contributed by atoms with Gasteiger partial charge in [-0.05, 0) is 36.6 Å². The van der Waals surface area contributed by atoms with Crippen LogP contribution in [0.1, 0.15) is 18.4 Å². The molecule has 2 amide bonds. The van der Waals surface area contributed by atoms with Gasteiger partial charge in [0.25, 0.3) is 5.91 Å². The Bertz CT molecular complexity index is 660. The summed E-state index contributed by atoms with van der Waals surface area (Å²) in [5, 5.41) is 0. The number of piperidine rings is 1. The summed E-state index contributed by atoms with van der Waals surface area (Å²) >= 11 is 0. The molecule has 7 heteroatoms. The van der Waals surface area contributed by atoms with Crippen LogP contribution in [0, 0.1) is 11.7 Å². The first-order chi connectivity index (χ1) is 11.5. The maximum Gasteiger partial charge on any atom is 0.331 e. The lowest BCUT2D eigenvalue weighted by Gasteiger charge is -2.30. The molecule has 24 heavy (non-hydrogen) atoms. The smallest absolute Gasteiger partial charge is 0.331 e. The molecule has 0 unspecified atom stereocenters. The fourth-order valence-electron chi connectivity index (χ4n) is 2.48. The number of esters is 1. The predicted molar refractivity (Wildman–Crippen MR) is 84.9 cm³/mol. The maximum atomic E-state index is 13.0. The number of amides is 2. The number of benzene rings is 1. The minimum absolute atomic E-state index is 0.255. The van der Waals surface area contributed by atoms with Gasteiger partial charge in [-0.15, -0.1) is 0 Å². The lowest BCUT2D eigenvalue weighted by molar-refractivity contribution is -0.149. The third-order valence-corrected chi connectivity index (χ3v) is 3.77. The number of rotatable bonds is 5. The summed E-state index contributed by atoms with van der Waals surface area (Å²) in [4.78, 5) is 36.3. The van der Waals surface area contributed by atoms with Crippen molar-refractivity contribution in [1.29, 1.82) is 0 Å². The molecule has 2 N–H and O–H groups in total. The Kier molecular flexibility index (Phi) is 6.06. The van der Waals surface area contributed by atoms with E-state index < -0.39 is 24.3 Å². The van der Waals surface area contributed by atoms with Crippen molar-refractivity contribution in [2.75, 3.05) is 19.7 Å². The number of likely N-dealkylation sites (tertiary alicyclic amines) is 1. The highest BCUT2D eigenvalue weighted by Crippen LogP contribution is 2.16. The molecule has 0 bridgehead atoms. The summed E-state index contributed by atoms with van der Waals surface area (Å²) in [6.07, 6.45) is 3.88. The zero-order chi connectivity index (χ0) is 17.5. The van der Waals surface area contributed by atoms with Crippen LogP contribution in [0.25, 0.3) is 6.08 Å². The molecular weight excluding hydrogens is 315 g/mol. The summed E-state index contributed by atoms with van der Waals surface area (Å²) in [5.74, 6) is -2.26. The predicted octanol–water partition coefficient (Wildman–Crippen LogP) is 1.11. The van der Waals surface area contributed by atoms with Gasteiger partial charge in [0.1, 0.15) is 5.82 Å².